The lowest BCUT2D eigenvalue weighted by Gasteiger charge is -2.21. The second-order valence-electron chi connectivity index (χ2n) is 7.02. The minimum Gasteiger partial charge on any atom is -0.383 e. The molecule has 3 aromatic rings. The van der Waals surface area contributed by atoms with Crippen LogP contribution in [0.25, 0.3) is 11.5 Å². The van der Waals surface area contributed by atoms with Crippen LogP contribution in [0.15, 0.2) is 30.3 Å². The van der Waals surface area contributed by atoms with Crippen molar-refractivity contribution in [2.45, 2.75) is 25.2 Å². The second-order valence-corrected chi connectivity index (χ2v) is 9.42. The quantitative estimate of drug-likeness (QED) is 0.519. The predicted molar refractivity (Wildman–Crippen MR) is 109 cm³/mol. The van der Waals surface area contributed by atoms with Crippen molar-refractivity contribution >= 4 is 33.2 Å². The third-order valence-corrected chi connectivity index (χ3v) is 6.07. The van der Waals surface area contributed by atoms with Crippen molar-refractivity contribution in [3.05, 3.63) is 57.2 Å². The average molecular weight is 511 g/mol. The number of sulfonamides is 1. The van der Waals surface area contributed by atoms with E-state index < -0.39 is 39.7 Å². The van der Waals surface area contributed by atoms with Gasteiger partial charge in [0.25, 0.3) is 0 Å². The predicted octanol–water partition coefficient (Wildman–Crippen LogP) is 2.61. The molecule has 0 saturated carbocycles. The lowest BCUT2D eigenvalue weighted by Crippen LogP contribution is -2.35. The van der Waals surface area contributed by atoms with Gasteiger partial charge < -0.3 is 5.11 Å². The molecule has 3 rings (SSSR count). The van der Waals surface area contributed by atoms with E-state index in [-0.39, 0.29) is 32.8 Å². The number of hydrogen-bond acceptors (Lipinski definition) is 7. The van der Waals surface area contributed by atoms with Crippen LogP contribution in [-0.4, -0.2) is 44.5 Å². The lowest BCUT2D eigenvalue weighted by atomic mass is 10.0. The Bertz CT molecular complexity index is 1260. The van der Waals surface area contributed by atoms with Gasteiger partial charge in [0.15, 0.2) is 0 Å². The Hall–Kier alpha value is -2.32. The molecule has 0 saturated heterocycles. The fourth-order valence-electron chi connectivity index (χ4n) is 2.89. The number of nitrogens with zero attached hydrogens (tertiary/aromatic N) is 5. The second kappa shape index (κ2) is 8.56. The molecule has 32 heavy (non-hydrogen) atoms. The van der Waals surface area contributed by atoms with E-state index in [1.165, 1.54) is 25.1 Å². The Labute approximate surface area is 190 Å². The lowest BCUT2D eigenvalue weighted by molar-refractivity contribution is -0.138. The molecule has 0 bridgehead atoms. The van der Waals surface area contributed by atoms with Gasteiger partial charge in [0, 0.05) is 5.56 Å². The number of hydrogen-bond donors (Lipinski definition) is 2. The van der Waals surface area contributed by atoms with E-state index in [4.69, 9.17) is 28.3 Å². The first kappa shape index (κ1) is 24.3. The molecule has 0 spiro atoms. The summed E-state index contributed by atoms with van der Waals surface area (Å²) in [5, 5.41) is 26.6. The highest BCUT2D eigenvalue weighted by Gasteiger charge is 2.35. The highest BCUT2D eigenvalue weighted by Crippen LogP contribution is 2.38. The minimum absolute atomic E-state index is 0.0300. The molecule has 0 aliphatic heterocycles. The smallest absolute Gasteiger partial charge is 0.383 e. The maximum atomic E-state index is 13.4. The zero-order chi connectivity index (χ0) is 23.9. The van der Waals surface area contributed by atoms with Gasteiger partial charge in [-0.05, 0) is 36.4 Å². The number of nitrogens with two attached hydrogens (primary N) is 1. The number of pyridine rings is 1. The third kappa shape index (κ3) is 5.53. The molecular formula is C17H15Cl2F3N6O3S. The van der Waals surface area contributed by atoms with Crippen molar-refractivity contribution < 1.29 is 26.7 Å². The summed E-state index contributed by atoms with van der Waals surface area (Å²) >= 11 is 11.8. The van der Waals surface area contributed by atoms with Crippen LogP contribution in [-0.2, 0) is 28.3 Å². The zero-order valence-corrected chi connectivity index (χ0v) is 18.5. The summed E-state index contributed by atoms with van der Waals surface area (Å²) in [6.07, 6.45) is -4.68. The van der Waals surface area contributed by atoms with Crippen molar-refractivity contribution in [1.29, 1.82) is 0 Å². The minimum atomic E-state index is -4.68. The fourth-order valence-corrected chi connectivity index (χ4v) is 4.22. The first-order valence-corrected chi connectivity index (χ1v) is 11.2. The first-order valence-electron chi connectivity index (χ1n) is 8.70. The topological polar surface area (TPSA) is 137 Å². The van der Waals surface area contributed by atoms with Gasteiger partial charge in [-0.1, -0.05) is 29.3 Å². The highest BCUT2D eigenvalue weighted by atomic mass is 35.5. The van der Waals surface area contributed by atoms with Crippen LogP contribution in [0.2, 0.25) is 10.0 Å². The molecule has 0 aliphatic rings. The Kier molecular flexibility index (Phi) is 6.50. The first-order chi connectivity index (χ1) is 14.7. The van der Waals surface area contributed by atoms with Crippen LogP contribution in [0, 0.1) is 0 Å². The molecule has 2 heterocycles. The van der Waals surface area contributed by atoms with Crippen molar-refractivity contribution in [3.63, 3.8) is 0 Å². The number of alkyl halides is 3. The van der Waals surface area contributed by atoms with Gasteiger partial charge in [-0.15, -0.1) is 10.2 Å². The van der Waals surface area contributed by atoms with Gasteiger partial charge in [0.1, 0.15) is 11.3 Å². The summed E-state index contributed by atoms with van der Waals surface area (Å²) in [6.45, 7) is 0.734. The molecule has 0 aliphatic carbocycles. The standard InChI is InChI=1S/C17H15Cl2F3N6O3S/c1-16(29,8-32(23,30)31)13-4-2-3-12(24-13)15-25-27-28(26-15)7-9-10(17(20,21)22)5-6-11(18)14(9)19/h2-6,29H,7-8H2,1H3,(H2,23,30,31)/t16-/m0/s1. The van der Waals surface area contributed by atoms with Crippen LogP contribution in [0.4, 0.5) is 13.2 Å². The number of rotatable bonds is 6. The van der Waals surface area contributed by atoms with Crippen molar-refractivity contribution in [2.75, 3.05) is 5.75 Å². The summed E-state index contributed by atoms with van der Waals surface area (Å²) in [7, 11) is -4.01. The van der Waals surface area contributed by atoms with Crippen LogP contribution >= 0.6 is 23.2 Å². The van der Waals surface area contributed by atoms with Crippen LogP contribution in [0.5, 0.6) is 0 Å². The Balaban J connectivity index is 1.94. The molecule has 0 amide bonds. The average Bonchev–Trinajstić information content (AvgIpc) is 3.11. The van der Waals surface area contributed by atoms with Crippen LogP contribution in [0.3, 0.4) is 0 Å². The number of benzene rings is 1. The maximum Gasteiger partial charge on any atom is 0.416 e. The molecule has 0 radical (unpaired) electrons. The van der Waals surface area contributed by atoms with E-state index in [1.807, 2.05) is 0 Å². The number of aromatic nitrogens is 5. The molecule has 1 atom stereocenters. The number of halogens is 5. The van der Waals surface area contributed by atoms with Gasteiger partial charge in [-0.25, -0.2) is 18.5 Å². The molecule has 2 aromatic heterocycles. The van der Waals surface area contributed by atoms with E-state index >= 15 is 0 Å². The molecule has 3 N–H and O–H groups in total. The van der Waals surface area contributed by atoms with Crippen LogP contribution in [0.1, 0.15) is 23.7 Å². The monoisotopic (exact) mass is 510 g/mol. The Morgan fingerprint density at radius 2 is 1.88 bits per heavy atom. The summed E-state index contributed by atoms with van der Waals surface area (Å²) in [4.78, 5) is 5.01. The van der Waals surface area contributed by atoms with Gasteiger partial charge in [-0.2, -0.15) is 18.0 Å². The highest BCUT2D eigenvalue weighted by molar-refractivity contribution is 7.89. The summed E-state index contributed by atoms with van der Waals surface area (Å²) in [6, 6.07) is 6.14. The number of aliphatic hydroxyl groups is 1. The third-order valence-electron chi connectivity index (χ3n) is 4.27. The summed E-state index contributed by atoms with van der Waals surface area (Å²) in [5.74, 6) is -0.866. The van der Waals surface area contributed by atoms with Gasteiger partial charge in [-0.3, -0.25) is 0 Å². The molecule has 9 nitrogen and oxygen atoms in total. The molecule has 15 heteroatoms. The van der Waals surface area contributed by atoms with E-state index in [0.717, 1.165) is 16.9 Å². The van der Waals surface area contributed by atoms with Gasteiger partial charge >= 0.3 is 6.18 Å². The van der Waals surface area contributed by atoms with E-state index in [1.54, 1.807) is 0 Å². The molecule has 0 fully saturated rings. The van der Waals surface area contributed by atoms with E-state index in [9.17, 15) is 26.7 Å². The van der Waals surface area contributed by atoms with Crippen molar-refractivity contribution in [1.82, 2.24) is 25.2 Å². The molecule has 0 unspecified atom stereocenters. The van der Waals surface area contributed by atoms with E-state index in [2.05, 4.69) is 20.4 Å². The molecular weight excluding hydrogens is 496 g/mol. The molecule has 1 aromatic carbocycles. The van der Waals surface area contributed by atoms with E-state index in [0.29, 0.717) is 0 Å². The summed E-state index contributed by atoms with van der Waals surface area (Å²) in [5.41, 5.74) is -3.18. The zero-order valence-electron chi connectivity index (χ0n) is 16.2. The van der Waals surface area contributed by atoms with Crippen molar-refractivity contribution in [2.24, 2.45) is 5.14 Å². The number of tetrazole rings is 1. The van der Waals surface area contributed by atoms with Gasteiger partial charge in [0.05, 0.1) is 33.6 Å². The SMILES string of the molecule is C[C@](O)(CS(N)(=O)=O)c1cccc(-c2nnn(Cc3c(C(F)(F)F)ccc(Cl)c3Cl)n2)n1. The Morgan fingerprint density at radius 1 is 1.19 bits per heavy atom. The summed E-state index contributed by atoms with van der Waals surface area (Å²) < 4.78 is 62.8. The normalized spacial score (nSPS) is 14.4. The largest absolute Gasteiger partial charge is 0.416 e. The fraction of sp³-hybridized carbons (Fsp3) is 0.294. The Morgan fingerprint density at radius 3 is 2.50 bits per heavy atom. The van der Waals surface area contributed by atoms with Crippen LogP contribution < -0.4 is 5.14 Å². The maximum absolute atomic E-state index is 13.4. The number of primary sulfonamides is 1. The van der Waals surface area contributed by atoms with Gasteiger partial charge in [0.2, 0.25) is 15.8 Å². The molecule has 172 valence electrons. The van der Waals surface area contributed by atoms with Crippen molar-refractivity contribution in [3.8, 4) is 11.5 Å².